The van der Waals surface area contributed by atoms with Crippen LogP contribution in [0.15, 0.2) is 66.3 Å². The highest BCUT2D eigenvalue weighted by Crippen LogP contribution is 2.06. The molecule has 0 saturated carbocycles. The lowest BCUT2D eigenvalue weighted by molar-refractivity contribution is 0.625. The van der Waals surface area contributed by atoms with Gasteiger partial charge in [-0.2, -0.15) is 0 Å². The molecule has 0 aliphatic carbocycles. The monoisotopic (exact) mass is 494 g/mol. The van der Waals surface area contributed by atoms with Gasteiger partial charge in [-0.15, -0.1) is 24.0 Å². The Morgan fingerprint density at radius 1 is 1.18 bits per heavy atom. The molecular formula is C20H24FIN6. The van der Waals surface area contributed by atoms with Crippen molar-refractivity contribution < 1.29 is 4.39 Å². The van der Waals surface area contributed by atoms with E-state index in [0.717, 1.165) is 35.9 Å². The van der Waals surface area contributed by atoms with Gasteiger partial charge in [-0.3, -0.25) is 4.57 Å². The van der Waals surface area contributed by atoms with Crippen molar-refractivity contribution in [2.24, 2.45) is 4.99 Å². The van der Waals surface area contributed by atoms with Crippen LogP contribution in [0.4, 0.5) is 4.39 Å². The first kappa shape index (κ1) is 21.8. The summed E-state index contributed by atoms with van der Waals surface area (Å²) in [5.74, 6) is 1.34. The number of hydrogen-bond acceptors (Lipinski definition) is 3. The molecule has 6 nitrogen and oxygen atoms in total. The maximum Gasteiger partial charge on any atom is 0.191 e. The highest BCUT2D eigenvalue weighted by molar-refractivity contribution is 14.0. The number of nitrogens with one attached hydrogen (secondary N) is 2. The Bertz CT molecular complexity index is 865. The topological polar surface area (TPSA) is 67.1 Å². The fraction of sp³-hybridized carbons (Fsp3) is 0.250. The zero-order chi connectivity index (χ0) is 18.9. The van der Waals surface area contributed by atoms with Gasteiger partial charge in [0.15, 0.2) is 5.96 Å². The third-order valence-corrected chi connectivity index (χ3v) is 3.94. The largest absolute Gasteiger partial charge is 0.357 e. The zero-order valence-corrected chi connectivity index (χ0v) is 18.0. The van der Waals surface area contributed by atoms with E-state index in [2.05, 4.69) is 25.6 Å². The first-order chi connectivity index (χ1) is 13.2. The van der Waals surface area contributed by atoms with Crippen LogP contribution < -0.4 is 10.6 Å². The number of pyridine rings is 1. The lowest BCUT2D eigenvalue weighted by atomic mass is 10.1. The summed E-state index contributed by atoms with van der Waals surface area (Å²) in [5.41, 5.74) is 1.97. The van der Waals surface area contributed by atoms with Gasteiger partial charge in [-0.1, -0.05) is 18.2 Å². The minimum Gasteiger partial charge on any atom is -0.357 e. The molecule has 3 aromatic rings. The van der Waals surface area contributed by atoms with Gasteiger partial charge in [0, 0.05) is 31.7 Å². The van der Waals surface area contributed by atoms with E-state index >= 15 is 0 Å². The van der Waals surface area contributed by atoms with E-state index in [1.165, 1.54) is 6.07 Å². The lowest BCUT2D eigenvalue weighted by Gasteiger charge is -2.11. The van der Waals surface area contributed by atoms with Crippen LogP contribution in [0.5, 0.6) is 0 Å². The zero-order valence-electron chi connectivity index (χ0n) is 15.7. The van der Waals surface area contributed by atoms with Crippen molar-refractivity contribution in [3.8, 4) is 5.82 Å². The Balaban J connectivity index is 0.00000280. The molecule has 2 aromatic heterocycles. The van der Waals surface area contributed by atoms with Crippen LogP contribution in [-0.2, 0) is 13.0 Å². The van der Waals surface area contributed by atoms with Gasteiger partial charge in [0.05, 0.1) is 6.54 Å². The van der Waals surface area contributed by atoms with Gasteiger partial charge in [-0.05, 0) is 42.7 Å². The van der Waals surface area contributed by atoms with Crippen molar-refractivity contribution in [2.45, 2.75) is 19.9 Å². The van der Waals surface area contributed by atoms with Crippen LogP contribution in [0.25, 0.3) is 5.82 Å². The molecule has 0 aliphatic rings. The molecule has 0 bridgehead atoms. The number of hydrogen-bond donors (Lipinski definition) is 2. The van der Waals surface area contributed by atoms with Crippen molar-refractivity contribution in [1.82, 2.24) is 25.2 Å². The van der Waals surface area contributed by atoms with Gasteiger partial charge in [-0.25, -0.2) is 19.4 Å². The second-order valence-electron chi connectivity index (χ2n) is 6.00. The minimum atomic E-state index is -0.209. The van der Waals surface area contributed by atoms with Crippen LogP contribution in [-0.4, -0.2) is 33.6 Å². The number of aliphatic imine (C=N–C) groups is 1. The van der Waals surface area contributed by atoms with E-state index in [4.69, 9.17) is 0 Å². The van der Waals surface area contributed by atoms with E-state index in [-0.39, 0.29) is 29.8 Å². The number of halogens is 2. The second-order valence-corrected chi connectivity index (χ2v) is 6.00. The van der Waals surface area contributed by atoms with Crippen molar-refractivity contribution in [3.63, 3.8) is 0 Å². The molecule has 2 N–H and O–H groups in total. The Morgan fingerprint density at radius 2 is 2.07 bits per heavy atom. The predicted molar refractivity (Wildman–Crippen MR) is 120 cm³/mol. The Labute approximate surface area is 181 Å². The summed E-state index contributed by atoms with van der Waals surface area (Å²) in [6, 6.07) is 10.6. The van der Waals surface area contributed by atoms with Crippen LogP contribution in [0.2, 0.25) is 0 Å². The number of aromatic nitrogens is 3. The van der Waals surface area contributed by atoms with E-state index in [0.29, 0.717) is 13.1 Å². The highest BCUT2D eigenvalue weighted by atomic mass is 127. The molecule has 0 unspecified atom stereocenters. The van der Waals surface area contributed by atoms with E-state index in [1.807, 2.05) is 42.1 Å². The first-order valence-electron chi connectivity index (χ1n) is 8.94. The Kier molecular flexibility index (Phi) is 8.86. The molecule has 28 heavy (non-hydrogen) atoms. The van der Waals surface area contributed by atoms with Gasteiger partial charge < -0.3 is 10.6 Å². The summed E-state index contributed by atoms with van der Waals surface area (Å²) in [4.78, 5) is 13.0. The SMILES string of the molecule is CCNC(=NCc1ccc(-n2ccnc2)nc1)NCCc1cccc(F)c1.I. The molecule has 0 fully saturated rings. The Hall–Kier alpha value is -2.49. The van der Waals surface area contributed by atoms with Gasteiger partial charge in [0.1, 0.15) is 18.0 Å². The normalized spacial score (nSPS) is 11.0. The van der Waals surface area contributed by atoms with Crippen molar-refractivity contribution in [1.29, 1.82) is 0 Å². The summed E-state index contributed by atoms with van der Waals surface area (Å²) >= 11 is 0. The van der Waals surface area contributed by atoms with Crippen LogP contribution >= 0.6 is 24.0 Å². The third kappa shape index (κ3) is 6.59. The van der Waals surface area contributed by atoms with Crippen LogP contribution in [0.3, 0.4) is 0 Å². The summed E-state index contributed by atoms with van der Waals surface area (Å²) in [6.07, 6.45) is 7.83. The van der Waals surface area contributed by atoms with E-state index in [1.54, 1.807) is 24.7 Å². The summed E-state index contributed by atoms with van der Waals surface area (Å²) in [7, 11) is 0. The maximum atomic E-state index is 13.2. The first-order valence-corrected chi connectivity index (χ1v) is 8.94. The molecule has 0 radical (unpaired) electrons. The second kappa shape index (κ2) is 11.4. The number of guanidine groups is 1. The quantitative estimate of drug-likeness (QED) is 0.301. The number of nitrogens with zero attached hydrogens (tertiary/aromatic N) is 4. The number of rotatable bonds is 7. The van der Waals surface area contributed by atoms with E-state index in [9.17, 15) is 4.39 Å². The molecule has 0 spiro atoms. The van der Waals surface area contributed by atoms with Gasteiger partial charge >= 0.3 is 0 Å². The van der Waals surface area contributed by atoms with Crippen LogP contribution in [0.1, 0.15) is 18.1 Å². The van der Waals surface area contributed by atoms with Crippen molar-refractivity contribution >= 4 is 29.9 Å². The smallest absolute Gasteiger partial charge is 0.191 e. The Morgan fingerprint density at radius 3 is 2.75 bits per heavy atom. The molecule has 0 saturated heterocycles. The molecule has 3 rings (SSSR count). The fourth-order valence-corrected chi connectivity index (χ4v) is 2.59. The summed E-state index contributed by atoms with van der Waals surface area (Å²) < 4.78 is 15.1. The average molecular weight is 494 g/mol. The van der Waals surface area contributed by atoms with Crippen LogP contribution in [0, 0.1) is 5.82 Å². The average Bonchev–Trinajstić information content (AvgIpc) is 3.21. The maximum absolute atomic E-state index is 13.2. The third-order valence-electron chi connectivity index (χ3n) is 3.94. The molecule has 148 valence electrons. The highest BCUT2D eigenvalue weighted by Gasteiger charge is 2.01. The fourth-order valence-electron chi connectivity index (χ4n) is 2.59. The molecule has 0 atom stereocenters. The molecular weight excluding hydrogens is 470 g/mol. The van der Waals surface area contributed by atoms with Gasteiger partial charge in [0.25, 0.3) is 0 Å². The number of imidazole rings is 1. The van der Waals surface area contributed by atoms with Crippen molar-refractivity contribution in [3.05, 3.63) is 78.3 Å². The molecule has 2 heterocycles. The lowest BCUT2D eigenvalue weighted by Crippen LogP contribution is -2.38. The van der Waals surface area contributed by atoms with Crippen molar-refractivity contribution in [2.75, 3.05) is 13.1 Å². The number of benzene rings is 1. The molecule has 1 aromatic carbocycles. The molecule has 0 aliphatic heterocycles. The standard InChI is InChI=1S/C20H23FN6.HI/c1-2-23-20(24-9-8-16-4-3-5-18(21)12-16)26-14-17-6-7-19(25-13-17)27-11-10-22-15-27;/h3-7,10-13,15H,2,8-9,14H2,1H3,(H2,23,24,26);1H. The minimum absolute atomic E-state index is 0. The predicted octanol–water partition coefficient (Wildman–Crippen LogP) is 3.32. The summed E-state index contributed by atoms with van der Waals surface area (Å²) in [6.45, 7) is 3.98. The molecule has 8 heteroatoms. The van der Waals surface area contributed by atoms with E-state index < -0.39 is 0 Å². The van der Waals surface area contributed by atoms with Gasteiger partial charge in [0.2, 0.25) is 0 Å². The summed E-state index contributed by atoms with van der Waals surface area (Å²) in [5, 5.41) is 6.49. The molecule has 0 amide bonds.